The van der Waals surface area contributed by atoms with E-state index < -0.39 is 0 Å². The first kappa shape index (κ1) is 23.8. The normalized spacial score (nSPS) is 11.2. The van der Waals surface area contributed by atoms with Crippen LogP contribution in [0.4, 0.5) is 5.69 Å². The van der Waals surface area contributed by atoms with E-state index in [2.05, 4.69) is 21.7 Å². The first-order valence-corrected chi connectivity index (χ1v) is 12.7. The Hall–Kier alpha value is -2.97. The summed E-state index contributed by atoms with van der Waals surface area (Å²) in [6.45, 7) is 4.07. The number of amides is 1. The first-order chi connectivity index (χ1) is 16.8. The van der Waals surface area contributed by atoms with Gasteiger partial charge in [0.05, 0.1) is 5.02 Å². The molecule has 0 spiro atoms. The van der Waals surface area contributed by atoms with E-state index in [1.165, 1.54) is 11.3 Å². The van der Waals surface area contributed by atoms with Crippen LogP contribution in [-0.2, 0) is 6.42 Å². The third-order valence-electron chi connectivity index (χ3n) is 5.46. The van der Waals surface area contributed by atoms with Gasteiger partial charge < -0.3 is 9.73 Å². The molecule has 2 heterocycles. The first-order valence-electron chi connectivity index (χ1n) is 10.7. The van der Waals surface area contributed by atoms with Crippen LogP contribution in [0.5, 0.6) is 0 Å². The number of halogens is 2. The van der Waals surface area contributed by atoms with Crippen molar-refractivity contribution in [2.24, 2.45) is 0 Å². The fourth-order valence-corrected chi connectivity index (χ4v) is 5.79. The molecule has 1 amide bonds. The number of benzene rings is 3. The monoisotopic (exact) mass is 539 g/mol. The average Bonchev–Trinajstić information content (AvgIpc) is 3.35. The van der Waals surface area contributed by atoms with Gasteiger partial charge in [-0.25, -0.2) is 4.98 Å². The van der Waals surface area contributed by atoms with Crippen LogP contribution in [-0.4, -0.2) is 16.0 Å². The Kier molecular flexibility index (Phi) is 6.51. The minimum atomic E-state index is -0.372. The lowest BCUT2D eigenvalue weighted by Crippen LogP contribution is -2.33. The van der Waals surface area contributed by atoms with Crippen molar-refractivity contribution in [3.8, 4) is 0 Å². The second-order valence-corrected chi connectivity index (χ2v) is 10.5. The number of hydrogen-bond donors (Lipinski definition) is 2. The van der Waals surface area contributed by atoms with Crippen LogP contribution in [0.25, 0.3) is 21.2 Å². The second-order valence-electron chi connectivity index (χ2n) is 8.21. The summed E-state index contributed by atoms with van der Waals surface area (Å²) in [6.07, 6.45) is 0.573. The van der Waals surface area contributed by atoms with Gasteiger partial charge in [-0.1, -0.05) is 47.5 Å². The molecule has 5 rings (SSSR count). The molecule has 0 aliphatic rings. The van der Waals surface area contributed by atoms with Crippen LogP contribution in [0.15, 0.2) is 59.0 Å². The Morgan fingerprint density at radius 2 is 1.86 bits per heavy atom. The standard InChI is InChI=1S/C26H19Cl2N3O2S2/c1-13-9-14(2)23-19(10-13)30-21(33-23)11-15-3-6-17(7-4-15)29-26(34)31-25(32)24-22(28)18-8-5-16(27)12-20(18)35-24/h3-10,12H,11H2,1-2H3,(H2,29,31,32,34). The number of carbonyl (C=O) groups is 1. The lowest BCUT2D eigenvalue weighted by molar-refractivity contribution is 0.0982. The molecular weight excluding hydrogens is 521 g/mol. The van der Waals surface area contributed by atoms with Gasteiger partial charge >= 0.3 is 0 Å². The molecule has 0 aliphatic heterocycles. The van der Waals surface area contributed by atoms with Crippen molar-refractivity contribution in [2.75, 3.05) is 5.32 Å². The van der Waals surface area contributed by atoms with Crippen molar-refractivity contribution in [3.05, 3.63) is 92.1 Å². The maximum atomic E-state index is 12.7. The van der Waals surface area contributed by atoms with Gasteiger partial charge in [0.25, 0.3) is 5.91 Å². The lowest BCUT2D eigenvalue weighted by atomic mass is 10.1. The van der Waals surface area contributed by atoms with Crippen LogP contribution in [0, 0.1) is 13.8 Å². The molecule has 5 aromatic rings. The zero-order chi connectivity index (χ0) is 24.7. The molecule has 2 aromatic heterocycles. The summed E-state index contributed by atoms with van der Waals surface area (Å²) >= 11 is 19.0. The van der Waals surface area contributed by atoms with Crippen LogP contribution >= 0.6 is 46.8 Å². The van der Waals surface area contributed by atoms with Crippen LogP contribution in [0.2, 0.25) is 10.0 Å². The van der Waals surface area contributed by atoms with E-state index in [9.17, 15) is 4.79 Å². The molecular formula is C26H19Cl2N3O2S2. The molecule has 0 aliphatic carbocycles. The Labute approximate surface area is 221 Å². The molecule has 0 unspecified atom stereocenters. The molecule has 0 bridgehead atoms. The number of thiocarbonyl (C=S) groups is 1. The van der Waals surface area contributed by atoms with Crippen molar-refractivity contribution in [1.29, 1.82) is 0 Å². The van der Waals surface area contributed by atoms with E-state index in [1.54, 1.807) is 18.2 Å². The van der Waals surface area contributed by atoms with Gasteiger partial charge in [-0.15, -0.1) is 11.3 Å². The van der Waals surface area contributed by atoms with Gasteiger partial charge in [-0.3, -0.25) is 10.1 Å². The summed E-state index contributed by atoms with van der Waals surface area (Å²) in [6, 6.07) is 17.1. The van der Waals surface area contributed by atoms with Crippen molar-refractivity contribution in [1.82, 2.24) is 10.3 Å². The van der Waals surface area contributed by atoms with Crippen molar-refractivity contribution in [3.63, 3.8) is 0 Å². The van der Waals surface area contributed by atoms with Gasteiger partial charge in [0, 0.05) is 27.2 Å². The minimum Gasteiger partial charge on any atom is -0.440 e. The fraction of sp³-hybridized carbons (Fsp3) is 0.115. The number of anilines is 1. The highest BCUT2D eigenvalue weighted by molar-refractivity contribution is 7.80. The predicted molar refractivity (Wildman–Crippen MR) is 148 cm³/mol. The smallest absolute Gasteiger partial charge is 0.269 e. The maximum Gasteiger partial charge on any atom is 0.269 e. The summed E-state index contributed by atoms with van der Waals surface area (Å²) < 4.78 is 6.80. The number of nitrogens with one attached hydrogen (secondary N) is 2. The van der Waals surface area contributed by atoms with E-state index in [4.69, 9.17) is 39.8 Å². The van der Waals surface area contributed by atoms with E-state index in [0.29, 0.717) is 27.2 Å². The number of nitrogens with zero attached hydrogens (tertiary/aromatic N) is 1. The summed E-state index contributed by atoms with van der Waals surface area (Å²) in [7, 11) is 0. The Balaban J connectivity index is 1.23. The van der Waals surface area contributed by atoms with Crippen LogP contribution in [0.1, 0.15) is 32.3 Å². The van der Waals surface area contributed by atoms with Crippen molar-refractivity contribution >= 4 is 84.6 Å². The molecule has 3 aromatic carbocycles. The number of aromatic nitrogens is 1. The molecule has 35 heavy (non-hydrogen) atoms. The summed E-state index contributed by atoms with van der Waals surface area (Å²) in [4.78, 5) is 17.7. The Morgan fingerprint density at radius 1 is 1.09 bits per heavy atom. The van der Waals surface area contributed by atoms with Gasteiger partial charge in [0.1, 0.15) is 10.4 Å². The van der Waals surface area contributed by atoms with Crippen molar-refractivity contribution < 1.29 is 9.21 Å². The van der Waals surface area contributed by atoms with Gasteiger partial charge in [0.15, 0.2) is 16.6 Å². The molecule has 0 saturated carbocycles. The number of aryl methyl sites for hydroxylation is 2. The number of thiophene rings is 1. The number of carbonyl (C=O) groups excluding carboxylic acids is 1. The number of fused-ring (bicyclic) bond motifs is 2. The highest BCUT2D eigenvalue weighted by Gasteiger charge is 2.18. The average molecular weight is 540 g/mol. The summed E-state index contributed by atoms with van der Waals surface area (Å²) in [5.74, 6) is 0.293. The largest absolute Gasteiger partial charge is 0.440 e. The highest BCUT2D eigenvalue weighted by atomic mass is 35.5. The van der Waals surface area contributed by atoms with E-state index in [0.717, 1.165) is 43.6 Å². The fourth-order valence-electron chi connectivity index (χ4n) is 3.89. The number of hydrogen-bond acceptors (Lipinski definition) is 5. The Morgan fingerprint density at radius 3 is 2.63 bits per heavy atom. The number of oxazole rings is 1. The SMILES string of the molecule is Cc1cc(C)c2oc(Cc3ccc(NC(=S)NC(=O)c4sc5cc(Cl)ccc5c4Cl)cc3)nc2c1. The third-order valence-corrected chi connectivity index (χ3v) is 7.55. The molecule has 0 atom stereocenters. The molecule has 0 saturated heterocycles. The quantitative estimate of drug-likeness (QED) is 0.229. The highest BCUT2D eigenvalue weighted by Crippen LogP contribution is 2.36. The number of rotatable bonds is 4. The summed E-state index contributed by atoms with van der Waals surface area (Å²) in [5, 5.41) is 7.66. The lowest BCUT2D eigenvalue weighted by Gasteiger charge is -2.09. The Bertz CT molecular complexity index is 1610. The second kappa shape index (κ2) is 9.59. The molecule has 5 nitrogen and oxygen atoms in total. The minimum absolute atomic E-state index is 0.180. The van der Waals surface area contributed by atoms with Crippen LogP contribution < -0.4 is 10.6 Å². The van der Waals surface area contributed by atoms with Gasteiger partial charge in [0.2, 0.25) is 0 Å². The van der Waals surface area contributed by atoms with E-state index >= 15 is 0 Å². The zero-order valence-electron chi connectivity index (χ0n) is 18.7. The summed E-state index contributed by atoms with van der Waals surface area (Å²) in [5.41, 5.74) is 5.73. The molecule has 0 fully saturated rings. The van der Waals surface area contributed by atoms with Gasteiger partial charge in [-0.05, 0) is 73.1 Å². The predicted octanol–water partition coefficient (Wildman–Crippen LogP) is 7.68. The van der Waals surface area contributed by atoms with Gasteiger partial charge in [-0.2, -0.15) is 0 Å². The maximum absolute atomic E-state index is 12.7. The van der Waals surface area contributed by atoms with Crippen LogP contribution in [0.3, 0.4) is 0 Å². The zero-order valence-corrected chi connectivity index (χ0v) is 21.9. The third kappa shape index (κ3) is 5.04. The molecule has 2 N–H and O–H groups in total. The van der Waals surface area contributed by atoms with E-state index in [1.807, 2.05) is 44.2 Å². The molecule has 176 valence electrons. The molecule has 9 heteroatoms. The van der Waals surface area contributed by atoms with Crippen molar-refractivity contribution in [2.45, 2.75) is 20.3 Å². The van der Waals surface area contributed by atoms with E-state index in [-0.39, 0.29) is 11.0 Å². The topological polar surface area (TPSA) is 67.2 Å². The molecule has 0 radical (unpaired) electrons.